The second-order valence-corrected chi connectivity index (χ2v) is 15.0. The summed E-state index contributed by atoms with van der Waals surface area (Å²) in [4.78, 5) is 2.37. The molecule has 0 saturated heterocycles. The third-order valence-electron chi connectivity index (χ3n) is 7.18. The van der Waals surface area contributed by atoms with Gasteiger partial charge in [-0.15, -0.1) is 0 Å². The first-order valence-electron chi connectivity index (χ1n) is 11.2. The van der Waals surface area contributed by atoms with E-state index < -0.39 is 14.4 Å². The van der Waals surface area contributed by atoms with Crippen molar-refractivity contribution in [1.29, 1.82) is 0 Å². The van der Waals surface area contributed by atoms with Crippen molar-refractivity contribution in [3.05, 3.63) is 59.7 Å². The van der Waals surface area contributed by atoms with E-state index in [2.05, 4.69) is 99.4 Å². The van der Waals surface area contributed by atoms with Crippen LogP contribution in [0.25, 0.3) is 12.2 Å². The standard InChI is InChI=1S/C26H35NO2Si/c1-26(2,3)30(4,5)29-24-16-10-15-23(25(24)28)27-21-13-8-6-11-19(21)17-18-20-12-7-9-14-22(20)27/h6-9,11-14,17-18,23-25,28H,10,15-16H2,1-5H3/t23-,24?,25+/m1/s1. The lowest BCUT2D eigenvalue weighted by Crippen LogP contribution is -2.55. The highest BCUT2D eigenvalue weighted by atomic mass is 28.4. The second kappa shape index (κ2) is 7.99. The Morgan fingerprint density at radius 1 is 0.900 bits per heavy atom. The number of para-hydroxylation sites is 2. The number of benzene rings is 2. The molecule has 0 radical (unpaired) electrons. The number of aliphatic hydroxyl groups excluding tert-OH is 1. The summed E-state index contributed by atoms with van der Waals surface area (Å²) in [5, 5.41) is 11.7. The Morgan fingerprint density at radius 2 is 1.43 bits per heavy atom. The van der Waals surface area contributed by atoms with Gasteiger partial charge in [0, 0.05) is 11.4 Å². The summed E-state index contributed by atoms with van der Waals surface area (Å²) < 4.78 is 6.73. The number of aliphatic hydroxyl groups is 1. The average molecular weight is 422 g/mol. The Balaban J connectivity index is 1.72. The first-order chi connectivity index (χ1) is 14.2. The number of hydrogen-bond donors (Lipinski definition) is 1. The largest absolute Gasteiger partial charge is 0.411 e. The molecule has 1 N–H and O–H groups in total. The van der Waals surface area contributed by atoms with Crippen LogP contribution in [-0.4, -0.2) is 31.7 Å². The van der Waals surface area contributed by atoms with Gasteiger partial charge in [-0.1, -0.05) is 69.3 Å². The van der Waals surface area contributed by atoms with Gasteiger partial charge in [0.05, 0.1) is 18.2 Å². The molecule has 1 heterocycles. The van der Waals surface area contributed by atoms with Gasteiger partial charge in [-0.25, -0.2) is 0 Å². The average Bonchev–Trinajstić information content (AvgIpc) is 2.86. The molecular weight excluding hydrogens is 386 g/mol. The topological polar surface area (TPSA) is 32.7 Å². The molecule has 0 amide bonds. The Kier molecular flexibility index (Phi) is 5.69. The maximum atomic E-state index is 11.6. The van der Waals surface area contributed by atoms with Crippen molar-refractivity contribution >= 4 is 31.8 Å². The van der Waals surface area contributed by atoms with Crippen LogP contribution >= 0.6 is 0 Å². The highest BCUT2D eigenvalue weighted by Gasteiger charge is 2.44. The Labute approximate surface area is 182 Å². The number of hydrogen-bond acceptors (Lipinski definition) is 3. The lowest BCUT2D eigenvalue weighted by molar-refractivity contribution is -0.0130. The van der Waals surface area contributed by atoms with E-state index in [9.17, 15) is 5.11 Å². The van der Waals surface area contributed by atoms with Gasteiger partial charge in [0.15, 0.2) is 8.32 Å². The maximum Gasteiger partial charge on any atom is 0.192 e. The van der Waals surface area contributed by atoms with Gasteiger partial charge in [-0.2, -0.15) is 0 Å². The summed E-state index contributed by atoms with van der Waals surface area (Å²) in [6.45, 7) is 11.4. The lowest BCUT2D eigenvalue weighted by atomic mass is 9.88. The lowest BCUT2D eigenvalue weighted by Gasteiger charge is -2.47. The van der Waals surface area contributed by atoms with Crippen molar-refractivity contribution in [2.24, 2.45) is 0 Å². The monoisotopic (exact) mass is 421 g/mol. The van der Waals surface area contributed by atoms with E-state index in [4.69, 9.17) is 4.43 Å². The Hall–Kier alpha value is -1.88. The number of nitrogens with zero attached hydrogens (tertiary/aromatic N) is 1. The van der Waals surface area contributed by atoms with Crippen molar-refractivity contribution in [2.45, 2.75) is 76.4 Å². The van der Waals surface area contributed by atoms with Crippen LogP contribution in [0.2, 0.25) is 18.1 Å². The van der Waals surface area contributed by atoms with Crippen LogP contribution in [0.5, 0.6) is 0 Å². The molecule has 3 atom stereocenters. The van der Waals surface area contributed by atoms with Gasteiger partial charge in [-0.3, -0.25) is 0 Å². The molecule has 2 aliphatic rings. The van der Waals surface area contributed by atoms with E-state index in [0.29, 0.717) is 0 Å². The molecule has 2 aromatic rings. The predicted molar refractivity (Wildman–Crippen MR) is 130 cm³/mol. The molecule has 4 heteroatoms. The summed E-state index contributed by atoms with van der Waals surface area (Å²) in [6, 6.07) is 17.0. The van der Waals surface area contributed by atoms with E-state index in [0.717, 1.165) is 30.6 Å². The molecule has 1 saturated carbocycles. The maximum absolute atomic E-state index is 11.6. The van der Waals surface area contributed by atoms with Gasteiger partial charge in [0.1, 0.15) is 0 Å². The Morgan fingerprint density at radius 3 is 1.97 bits per heavy atom. The van der Waals surface area contributed by atoms with Crippen LogP contribution in [0.4, 0.5) is 11.4 Å². The highest BCUT2D eigenvalue weighted by Crippen LogP contribution is 2.43. The van der Waals surface area contributed by atoms with Crippen molar-refractivity contribution < 1.29 is 9.53 Å². The van der Waals surface area contributed by atoms with E-state index in [1.807, 2.05) is 0 Å². The van der Waals surface area contributed by atoms with E-state index in [-0.39, 0.29) is 17.2 Å². The van der Waals surface area contributed by atoms with Gasteiger partial charge >= 0.3 is 0 Å². The van der Waals surface area contributed by atoms with Crippen molar-refractivity contribution in [2.75, 3.05) is 4.90 Å². The fourth-order valence-corrected chi connectivity index (χ4v) is 5.81. The third-order valence-corrected chi connectivity index (χ3v) is 11.7. The zero-order valence-corrected chi connectivity index (χ0v) is 19.9. The smallest absolute Gasteiger partial charge is 0.192 e. The molecule has 160 valence electrons. The second-order valence-electron chi connectivity index (χ2n) is 10.2. The first kappa shape index (κ1) is 21.4. The zero-order valence-electron chi connectivity index (χ0n) is 18.9. The predicted octanol–water partition coefficient (Wildman–Crippen LogP) is 6.61. The van der Waals surface area contributed by atoms with Gasteiger partial charge in [0.25, 0.3) is 0 Å². The van der Waals surface area contributed by atoms with Crippen LogP contribution < -0.4 is 4.90 Å². The summed E-state index contributed by atoms with van der Waals surface area (Å²) in [5.41, 5.74) is 4.70. The zero-order chi connectivity index (χ0) is 21.5. The summed E-state index contributed by atoms with van der Waals surface area (Å²) >= 11 is 0. The molecule has 30 heavy (non-hydrogen) atoms. The number of rotatable bonds is 3. The fraction of sp³-hybridized carbons (Fsp3) is 0.462. The van der Waals surface area contributed by atoms with Crippen LogP contribution in [0.1, 0.15) is 51.2 Å². The van der Waals surface area contributed by atoms with Crippen LogP contribution in [0.3, 0.4) is 0 Å². The van der Waals surface area contributed by atoms with E-state index in [1.165, 1.54) is 11.1 Å². The van der Waals surface area contributed by atoms with E-state index in [1.54, 1.807) is 0 Å². The third kappa shape index (κ3) is 3.89. The number of fused-ring (bicyclic) bond motifs is 2. The minimum atomic E-state index is -1.96. The minimum absolute atomic E-state index is 0.00396. The van der Waals surface area contributed by atoms with Crippen molar-refractivity contribution in [3.8, 4) is 0 Å². The van der Waals surface area contributed by atoms with Gasteiger partial charge in [-0.05, 0) is 60.7 Å². The molecule has 0 aromatic heterocycles. The normalized spacial score (nSPS) is 24.2. The molecule has 1 aliphatic carbocycles. The summed E-state index contributed by atoms with van der Waals surface area (Å²) in [5.74, 6) is 0. The molecule has 1 aliphatic heterocycles. The quantitative estimate of drug-likeness (QED) is 0.566. The molecule has 1 fully saturated rings. The minimum Gasteiger partial charge on any atom is -0.411 e. The molecule has 3 nitrogen and oxygen atoms in total. The van der Waals surface area contributed by atoms with Gasteiger partial charge < -0.3 is 14.4 Å². The molecular formula is C26H35NO2Si. The van der Waals surface area contributed by atoms with Crippen molar-refractivity contribution in [3.63, 3.8) is 0 Å². The first-order valence-corrected chi connectivity index (χ1v) is 14.1. The Bertz CT molecular complexity index is 881. The molecule has 0 spiro atoms. The number of anilines is 2. The molecule has 4 rings (SSSR count). The highest BCUT2D eigenvalue weighted by molar-refractivity contribution is 6.74. The van der Waals surface area contributed by atoms with Gasteiger partial charge in [0.2, 0.25) is 0 Å². The van der Waals surface area contributed by atoms with Crippen LogP contribution in [0, 0.1) is 0 Å². The van der Waals surface area contributed by atoms with E-state index >= 15 is 0 Å². The molecule has 0 bridgehead atoms. The fourth-order valence-electron chi connectivity index (χ4n) is 4.45. The molecule has 2 aromatic carbocycles. The summed E-state index contributed by atoms with van der Waals surface area (Å²) in [6.07, 6.45) is 6.70. The SMILES string of the molecule is CC(C)(C)[Si](C)(C)OC1CCC[C@@H](N2c3ccccc3C=Cc3ccccc32)[C@@H]1O. The summed E-state index contributed by atoms with van der Waals surface area (Å²) in [7, 11) is -1.96. The van der Waals surface area contributed by atoms with Crippen molar-refractivity contribution in [1.82, 2.24) is 0 Å². The van der Waals surface area contributed by atoms with Crippen LogP contribution in [0.15, 0.2) is 48.5 Å². The molecule has 1 unspecified atom stereocenters. The van der Waals surface area contributed by atoms with Crippen LogP contribution in [-0.2, 0) is 4.43 Å².